The zero-order chi connectivity index (χ0) is 20.4. The summed E-state index contributed by atoms with van der Waals surface area (Å²) in [5.74, 6) is 0.221. The van der Waals surface area contributed by atoms with Crippen LogP contribution in [0.15, 0.2) is 48.5 Å². The summed E-state index contributed by atoms with van der Waals surface area (Å²) in [5.41, 5.74) is 0.711. The van der Waals surface area contributed by atoms with Crippen LogP contribution in [-0.2, 0) is 10.9 Å². The third-order valence-electron chi connectivity index (χ3n) is 4.60. The Bertz CT molecular complexity index is 968. The van der Waals surface area contributed by atoms with Crippen LogP contribution in [0, 0.1) is 0 Å². The number of hydrogen-bond donors (Lipinski definition) is 1. The van der Waals surface area contributed by atoms with Gasteiger partial charge in [-0.25, -0.2) is 4.98 Å². The molecule has 0 spiro atoms. The van der Waals surface area contributed by atoms with Gasteiger partial charge >= 0.3 is 6.18 Å². The second-order valence-corrected chi connectivity index (χ2v) is 6.69. The molecule has 6 nitrogen and oxygen atoms in total. The van der Waals surface area contributed by atoms with Gasteiger partial charge in [0, 0.05) is 6.54 Å². The van der Waals surface area contributed by atoms with Crippen molar-refractivity contribution in [2.75, 3.05) is 26.3 Å². The number of rotatable bonds is 3. The number of para-hydroxylation sites is 2. The van der Waals surface area contributed by atoms with Gasteiger partial charge < -0.3 is 19.4 Å². The Balaban J connectivity index is 1.46. The van der Waals surface area contributed by atoms with Gasteiger partial charge in [0.15, 0.2) is 5.82 Å². The van der Waals surface area contributed by atoms with E-state index in [2.05, 4.69) is 9.97 Å². The number of aromatic amines is 1. The molecule has 0 bridgehead atoms. The lowest BCUT2D eigenvalue weighted by Gasteiger charge is -2.23. The molecule has 2 aromatic carbocycles. The number of imidazole rings is 1. The molecule has 1 aliphatic rings. The fourth-order valence-electron chi connectivity index (χ4n) is 3.15. The zero-order valence-electron chi connectivity index (χ0n) is 15.3. The third kappa shape index (κ3) is 4.34. The molecule has 2 heterocycles. The van der Waals surface area contributed by atoms with Crippen LogP contribution in [0.2, 0.25) is 0 Å². The Labute approximate surface area is 164 Å². The van der Waals surface area contributed by atoms with Crippen LogP contribution in [0.25, 0.3) is 11.0 Å². The summed E-state index contributed by atoms with van der Waals surface area (Å²) in [5, 5.41) is 0. The predicted octanol–water partition coefficient (Wildman–Crippen LogP) is 3.50. The second-order valence-electron chi connectivity index (χ2n) is 6.69. The monoisotopic (exact) mass is 405 g/mol. The molecule has 0 aliphatic carbocycles. The molecular formula is C20H18F3N3O3. The van der Waals surface area contributed by atoms with Crippen molar-refractivity contribution in [1.82, 2.24) is 14.9 Å². The van der Waals surface area contributed by atoms with E-state index in [1.807, 2.05) is 24.3 Å². The number of ether oxygens (including phenoxy) is 2. The molecule has 1 N–H and O–H groups in total. The Morgan fingerprint density at radius 2 is 1.93 bits per heavy atom. The van der Waals surface area contributed by atoms with Gasteiger partial charge in [-0.3, -0.25) is 4.79 Å². The molecule has 0 saturated carbocycles. The summed E-state index contributed by atoms with van der Waals surface area (Å²) in [4.78, 5) is 21.8. The van der Waals surface area contributed by atoms with Gasteiger partial charge in [-0.1, -0.05) is 12.1 Å². The van der Waals surface area contributed by atoms with E-state index >= 15 is 0 Å². The van der Waals surface area contributed by atoms with Crippen molar-refractivity contribution in [3.8, 4) is 5.75 Å². The number of hydrogen-bond acceptors (Lipinski definition) is 4. The number of benzene rings is 2. The molecule has 1 aromatic heterocycles. The quantitative estimate of drug-likeness (QED) is 0.724. The number of nitrogens with zero attached hydrogens (tertiary/aromatic N) is 2. The highest BCUT2D eigenvalue weighted by atomic mass is 19.4. The van der Waals surface area contributed by atoms with Crippen molar-refractivity contribution in [3.05, 3.63) is 59.9 Å². The first-order valence-electron chi connectivity index (χ1n) is 9.06. The van der Waals surface area contributed by atoms with E-state index in [-0.39, 0.29) is 30.6 Å². The lowest BCUT2D eigenvalue weighted by atomic mass is 10.2. The molecule has 0 radical (unpaired) electrons. The van der Waals surface area contributed by atoms with E-state index in [1.54, 1.807) is 4.90 Å². The van der Waals surface area contributed by atoms with Gasteiger partial charge in [-0.05, 0) is 36.4 Å². The number of halogens is 3. The number of H-pyrrole nitrogens is 1. The highest BCUT2D eigenvalue weighted by molar-refractivity contribution is 5.94. The zero-order valence-corrected chi connectivity index (χ0v) is 15.3. The van der Waals surface area contributed by atoms with E-state index < -0.39 is 17.8 Å². The van der Waals surface area contributed by atoms with Crippen LogP contribution in [0.5, 0.6) is 5.75 Å². The average Bonchev–Trinajstić information content (AvgIpc) is 3.00. The number of amides is 1. The van der Waals surface area contributed by atoms with Gasteiger partial charge in [0.2, 0.25) is 0 Å². The van der Waals surface area contributed by atoms with Crippen LogP contribution < -0.4 is 4.74 Å². The number of alkyl halides is 3. The molecule has 152 valence electrons. The fourth-order valence-corrected chi connectivity index (χ4v) is 3.15. The topological polar surface area (TPSA) is 67.5 Å². The standard InChI is InChI=1S/C20H18F3N3O3/c21-20(22,23)13-5-7-14(8-6-13)29-15-11-26(9-10-28-12-15)19(27)18-24-16-3-1-2-4-17(16)25-18/h1-8,15H,9-12H2,(H,24,25)/t15-/m1/s1. The minimum atomic E-state index is -4.40. The van der Waals surface area contributed by atoms with Gasteiger partial charge in [0.1, 0.15) is 11.9 Å². The van der Waals surface area contributed by atoms with E-state index in [0.29, 0.717) is 18.7 Å². The summed E-state index contributed by atoms with van der Waals surface area (Å²) in [6.45, 7) is 1.16. The van der Waals surface area contributed by atoms with E-state index in [9.17, 15) is 18.0 Å². The SMILES string of the molecule is O=C(c1nc2ccccc2[nH]1)N1CCOC[C@H](Oc2ccc(C(F)(F)F)cc2)C1. The Hall–Kier alpha value is -3.07. The number of fused-ring (bicyclic) bond motifs is 1. The van der Waals surface area contributed by atoms with Crippen molar-refractivity contribution in [2.45, 2.75) is 12.3 Å². The Morgan fingerprint density at radius 1 is 1.17 bits per heavy atom. The summed E-state index contributed by atoms with van der Waals surface area (Å²) >= 11 is 0. The molecule has 1 fully saturated rings. The molecule has 1 saturated heterocycles. The first kappa shape index (κ1) is 19.3. The summed E-state index contributed by atoms with van der Waals surface area (Å²) in [7, 11) is 0. The molecule has 0 unspecified atom stereocenters. The lowest BCUT2D eigenvalue weighted by molar-refractivity contribution is -0.137. The number of nitrogens with one attached hydrogen (secondary N) is 1. The van der Waals surface area contributed by atoms with E-state index in [4.69, 9.17) is 9.47 Å². The van der Waals surface area contributed by atoms with Crippen molar-refractivity contribution in [3.63, 3.8) is 0 Å². The molecule has 1 amide bonds. The highest BCUT2D eigenvalue weighted by Crippen LogP contribution is 2.30. The minimum absolute atomic E-state index is 0.224. The maximum atomic E-state index is 12.9. The molecule has 29 heavy (non-hydrogen) atoms. The third-order valence-corrected chi connectivity index (χ3v) is 4.60. The molecule has 4 rings (SSSR count). The minimum Gasteiger partial charge on any atom is -0.486 e. The van der Waals surface area contributed by atoms with Crippen LogP contribution in [0.4, 0.5) is 13.2 Å². The fraction of sp³-hybridized carbons (Fsp3) is 0.300. The number of aromatic nitrogens is 2. The summed E-state index contributed by atoms with van der Waals surface area (Å²) in [6, 6.07) is 11.8. The maximum Gasteiger partial charge on any atom is 0.416 e. The number of carbonyl (C=O) groups is 1. The molecule has 1 atom stereocenters. The number of carbonyl (C=O) groups excluding carboxylic acids is 1. The van der Waals surface area contributed by atoms with Crippen molar-refractivity contribution >= 4 is 16.9 Å². The molecule has 9 heteroatoms. The smallest absolute Gasteiger partial charge is 0.416 e. The van der Waals surface area contributed by atoms with Crippen LogP contribution in [0.3, 0.4) is 0 Å². The van der Waals surface area contributed by atoms with Gasteiger partial charge in [-0.15, -0.1) is 0 Å². The van der Waals surface area contributed by atoms with Crippen molar-refractivity contribution < 1.29 is 27.4 Å². The van der Waals surface area contributed by atoms with Crippen molar-refractivity contribution in [1.29, 1.82) is 0 Å². The first-order valence-corrected chi connectivity index (χ1v) is 9.06. The van der Waals surface area contributed by atoms with Crippen LogP contribution >= 0.6 is 0 Å². The van der Waals surface area contributed by atoms with Gasteiger partial charge in [0.25, 0.3) is 5.91 Å². The normalized spacial score (nSPS) is 17.9. The Morgan fingerprint density at radius 3 is 2.66 bits per heavy atom. The molecular weight excluding hydrogens is 387 g/mol. The summed E-state index contributed by atoms with van der Waals surface area (Å²) in [6.07, 6.45) is -4.91. The largest absolute Gasteiger partial charge is 0.486 e. The van der Waals surface area contributed by atoms with Crippen LogP contribution in [-0.4, -0.2) is 53.2 Å². The predicted molar refractivity (Wildman–Crippen MR) is 98.7 cm³/mol. The highest BCUT2D eigenvalue weighted by Gasteiger charge is 2.30. The maximum absolute atomic E-state index is 12.9. The Kier molecular flexibility index (Phi) is 5.14. The first-order chi connectivity index (χ1) is 13.9. The van der Waals surface area contributed by atoms with Gasteiger partial charge in [-0.2, -0.15) is 13.2 Å². The van der Waals surface area contributed by atoms with E-state index in [1.165, 1.54) is 12.1 Å². The van der Waals surface area contributed by atoms with Crippen molar-refractivity contribution in [2.24, 2.45) is 0 Å². The summed E-state index contributed by atoms with van der Waals surface area (Å²) < 4.78 is 49.4. The average molecular weight is 405 g/mol. The molecule has 1 aliphatic heterocycles. The van der Waals surface area contributed by atoms with E-state index in [0.717, 1.165) is 17.6 Å². The second kappa shape index (κ2) is 7.75. The lowest BCUT2D eigenvalue weighted by Crippen LogP contribution is -2.40. The van der Waals surface area contributed by atoms with Gasteiger partial charge in [0.05, 0.1) is 36.4 Å². The van der Waals surface area contributed by atoms with Crippen LogP contribution in [0.1, 0.15) is 16.2 Å². The molecule has 3 aromatic rings.